The maximum atomic E-state index is 2.42. The Balaban J connectivity index is 1.38. The molecule has 266 valence electrons. The molecular formula is C52H37N3S. The van der Waals surface area contributed by atoms with E-state index in [4.69, 9.17) is 0 Å². The van der Waals surface area contributed by atoms with Crippen molar-refractivity contribution in [3.8, 4) is 0 Å². The van der Waals surface area contributed by atoms with E-state index in [2.05, 4.69) is 239 Å². The summed E-state index contributed by atoms with van der Waals surface area (Å²) < 4.78 is 2.48. The number of benzene rings is 9. The first-order valence-corrected chi connectivity index (χ1v) is 19.8. The van der Waals surface area contributed by atoms with Crippen LogP contribution in [0.5, 0.6) is 0 Å². The van der Waals surface area contributed by atoms with E-state index in [0.29, 0.717) is 0 Å². The molecule has 0 fully saturated rings. The molecule has 0 aliphatic carbocycles. The Morgan fingerprint density at radius 1 is 0.268 bits per heavy atom. The smallest absolute Gasteiger partial charge is 0.0661 e. The standard InChI is InChI=1S/C52H37N3S/c1-7-22-39(23-8-1)53(40-24-9-2-10-25-40)45-36-47-50-48(54(41-26-11-3-12-27-41)42-28-13-4-14-29-42)35-38-21-19-20-34-46(38)52(50)56-51(47)49(37-45)55(43-30-15-5-16-31-43)44-32-17-6-18-33-44/h1-37H. The molecule has 10 rings (SSSR count). The number of para-hydroxylation sites is 6. The van der Waals surface area contributed by atoms with Gasteiger partial charge in [-0.25, -0.2) is 0 Å². The Bertz CT molecular complexity index is 2780. The molecule has 0 aliphatic heterocycles. The Kier molecular flexibility index (Phi) is 8.71. The monoisotopic (exact) mass is 735 g/mol. The summed E-state index contributed by atoms with van der Waals surface area (Å²) in [6.45, 7) is 0. The van der Waals surface area contributed by atoms with Crippen LogP contribution >= 0.6 is 11.3 Å². The highest BCUT2D eigenvalue weighted by atomic mass is 32.1. The average Bonchev–Trinajstić information content (AvgIpc) is 3.67. The van der Waals surface area contributed by atoms with Crippen molar-refractivity contribution >= 4 is 93.5 Å². The van der Waals surface area contributed by atoms with Gasteiger partial charge in [0.2, 0.25) is 0 Å². The summed E-state index contributed by atoms with van der Waals surface area (Å²) in [7, 11) is 0. The fraction of sp³-hybridized carbons (Fsp3) is 0. The van der Waals surface area contributed by atoms with Gasteiger partial charge in [-0.05, 0) is 102 Å². The van der Waals surface area contributed by atoms with E-state index in [1.165, 1.54) is 30.9 Å². The minimum absolute atomic E-state index is 1.08. The second-order valence-corrected chi connectivity index (χ2v) is 14.8. The van der Waals surface area contributed by atoms with Crippen molar-refractivity contribution in [3.63, 3.8) is 0 Å². The number of anilines is 9. The molecule has 0 atom stereocenters. The third-order valence-electron chi connectivity index (χ3n) is 10.3. The number of hydrogen-bond donors (Lipinski definition) is 0. The van der Waals surface area contributed by atoms with Crippen molar-refractivity contribution in [1.29, 1.82) is 0 Å². The van der Waals surface area contributed by atoms with Crippen molar-refractivity contribution in [2.45, 2.75) is 0 Å². The lowest BCUT2D eigenvalue weighted by atomic mass is 10.0. The SMILES string of the molecule is c1ccc(N(c2ccccc2)c2cc(N(c3ccccc3)c3ccccc3)c3sc4c5ccccc5cc(N(c5ccccc5)c5ccccc5)c4c3c2)cc1. The van der Waals surface area contributed by atoms with Crippen LogP contribution in [0.2, 0.25) is 0 Å². The van der Waals surface area contributed by atoms with Gasteiger partial charge in [-0.15, -0.1) is 11.3 Å². The zero-order chi connectivity index (χ0) is 37.3. The molecule has 0 spiro atoms. The minimum Gasteiger partial charge on any atom is -0.310 e. The largest absolute Gasteiger partial charge is 0.310 e. The van der Waals surface area contributed by atoms with Gasteiger partial charge in [0.15, 0.2) is 0 Å². The maximum Gasteiger partial charge on any atom is 0.0661 e. The highest BCUT2D eigenvalue weighted by Crippen LogP contribution is 2.53. The van der Waals surface area contributed by atoms with Crippen LogP contribution in [0.4, 0.5) is 51.2 Å². The molecule has 1 heterocycles. The molecular weight excluding hydrogens is 699 g/mol. The van der Waals surface area contributed by atoms with Crippen LogP contribution in [-0.4, -0.2) is 0 Å². The molecule has 3 nitrogen and oxygen atoms in total. The molecule has 0 saturated heterocycles. The van der Waals surface area contributed by atoms with E-state index in [-0.39, 0.29) is 0 Å². The second-order valence-electron chi connectivity index (χ2n) is 13.8. The summed E-state index contributed by atoms with van der Waals surface area (Å²) >= 11 is 1.88. The quantitative estimate of drug-likeness (QED) is 0.146. The van der Waals surface area contributed by atoms with Gasteiger partial charge in [0.05, 0.1) is 16.1 Å². The predicted molar refractivity (Wildman–Crippen MR) is 241 cm³/mol. The lowest BCUT2D eigenvalue weighted by molar-refractivity contribution is 1.26. The van der Waals surface area contributed by atoms with Gasteiger partial charge in [0.1, 0.15) is 0 Å². The van der Waals surface area contributed by atoms with Crippen molar-refractivity contribution in [3.05, 3.63) is 224 Å². The van der Waals surface area contributed by atoms with E-state index >= 15 is 0 Å². The van der Waals surface area contributed by atoms with Crippen LogP contribution < -0.4 is 14.7 Å². The van der Waals surface area contributed by atoms with Gasteiger partial charge < -0.3 is 14.7 Å². The highest BCUT2D eigenvalue weighted by molar-refractivity contribution is 7.27. The molecule has 56 heavy (non-hydrogen) atoms. The van der Waals surface area contributed by atoms with Crippen LogP contribution in [-0.2, 0) is 0 Å². The van der Waals surface area contributed by atoms with E-state index in [1.807, 2.05) is 11.3 Å². The Morgan fingerprint density at radius 3 is 1.09 bits per heavy atom. The number of rotatable bonds is 9. The normalized spacial score (nSPS) is 11.2. The van der Waals surface area contributed by atoms with Crippen LogP contribution in [0, 0.1) is 0 Å². The van der Waals surface area contributed by atoms with Crippen LogP contribution in [0.1, 0.15) is 0 Å². The highest BCUT2D eigenvalue weighted by Gasteiger charge is 2.26. The first kappa shape index (κ1) is 33.4. The fourth-order valence-corrected chi connectivity index (χ4v) is 9.24. The summed E-state index contributed by atoms with van der Waals surface area (Å²) in [6.07, 6.45) is 0. The van der Waals surface area contributed by atoms with Gasteiger partial charge in [0, 0.05) is 55.3 Å². The predicted octanol–water partition coefficient (Wildman–Crippen LogP) is 15.6. The molecule has 0 amide bonds. The number of thiophene rings is 1. The molecule has 0 bridgehead atoms. The summed E-state index contributed by atoms with van der Waals surface area (Å²) in [6, 6.07) is 80.4. The summed E-state index contributed by atoms with van der Waals surface area (Å²) in [5.41, 5.74) is 9.93. The van der Waals surface area contributed by atoms with Gasteiger partial charge in [-0.2, -0.15) is 0 Å². The second kappa shape index (κ2) is 14.6. The number of nitrogens with zero attached hydrogens (tertiary/aromatic N) is 3. The Hall–Kier alpha value is -7.14. The summed E-state index contributed by atoms with van der Waals surface area (Å²) in [5.74, 6) is 0. The summed E-state index contributed by atoms with van der Waals surface area (Å²) in [4.78, 5) is 7.22. The zero-order valence-corrected chi connectivity index (χ0v) is 31.4. The molecule has 0 radical (unpaired) electrons. The maximum absolute atomic E-state index is 2.42. The van der Waals surface area contributed by atoms with Crippen LogP contribution in [0.3, 0.4) is 0 Å². The molecule has 0 unspecified atom stereocenters. The van der Waals surface area contributed by atoms with Crippen LogP contribution in [0.25, 0.3) is 30.9 Å². The topological polar surface area (TPSA) is 9.72 Å². The zero-order valence-electron chi connectivity index (χ0n) is 30.6. The van der Waals surface area contributed by atoms with E-state index in [0.717, 1.165) is 51.2 Å². The van der Waals surface area contributed by atoms with Crippen molar-refractivity contribution in [2.75, 3.05) is 14.7 Å². The lowest BCUT2D eigenvalue weighted by Crippen LogP contribution is -2.13. The van der Waals surface area contributed by atoms with Crippen molar-refractivity contribution in [1.82, 2.24) is 0 Å². The van der Waals surface area contributed by atoms with Crippen LogP contribution in [0.15, 0.2) is 224 Å². The molecule has 10 aromatic rings. The molecule has 9 aromatic carbocycles. The van der Waals surface area contributed by atoms with E-state index < -0.39 is 0 Å². The Morgan fingerprint density at radius 2 is 0.643 bits per heavy atom. The van der Waals surface area contributed by atoms with Crippen molar-refractivity contribution < 1.29 is 0 Å². The minimum atomic E-state index is 1.08. The Labute approximate surface area is 331 Å². The van der Waals surface area contributed by atoms with Gasteiger partial charge in [0.25, 0.3) is 0 Å². The first-order valence-electron chi connectivity index (χ1n) is 18.9. The van der Waals surface area contributed by atoms with E-state index in [1.54, 1.807) is 0 Å². The fourth-order valence-electron chi connectivity index (χ4n) is 7.90. The molecule has 0 saturated carbocycles. The number of hydrogen-bond acceptors (Lipinski definition) is 4. The van der Waals surface area contributed by atoms with E-state index in [9.17, 15) is 0 Å². The molecule has 0 aliphatic rings. The number of fused-ring (bicyclic) bond motifs is 5. The van der Waals surface area contributed by atoms with Gasteiger partial charge in [-0.3, -0.25) is 0 Å². The third kappa shape index (κ3) is 6.03. The average molecular weight is 736 g/mol. The molecule has 1 aromatic heterocycles. The van der Waals surface area contributed by atoms with Gasteiger partial charge >= 0.3 is 0 Å². The molecule has 0 N–H and O–H groups in total. The molecule has 4 heteroatoms. The van der Waals surface area contributed by atoms with Crippen molar-refractivity contribution in [2.24, 2.45) is 0 Å². The summed E-state index contributed by atoms with van der Waals surface area (Å²) in [5, 5.41) is 4.87. The lowest BCUT2D eigenvalue weighted by Gasteiger charge is -2.30. The third-order valence-corrected chi connectivity index (χ3v) is 11.6. The first-order chi connectivity index (χ1) is 27.8. The van der Waals surface area contributed by atoms with Gasteiger partial charge in [-0.1, -0.05) is 133 Å².